The average molecular weight is 312 g/mol. The van der Waals surface area contributed by atoms with E-state index in [1.165, 1.54) is 6.20 Å². The molecule has 2 heterocycles. The summed E-state index contributed by atoms with van der Waals surface area (Å²) in [6.07, 6.45) is 3.13. The van der Waals surface area contributed by atoms with Crippen LogP contribution in [0, 0.1) is 13.8 Å². The van der Waals surface area contributed by atoms with Crippen LogP contribution in [0.1, 0.15) is 18.3 Å². The Labute approximate surface area is 124 Å². The fourth-order valence-electron chi connectivity index (χ4n) is 2.20. The fourth-order valence-corrected chi connectivity index (χ4v) is 3.65. The molecule has 0 atom stereocenters. The first-order chi connectivity index (χ1) is 9.89. The van der Waals surface area contributed by atoms with Crippen molar-refractivity contribution >= 4 is 15.7 Å². The van der Waals surface area contributed by atoms with Crippen molar-refractivity contribution in [2.24, 2.45) is 5.73 Å². The van der Waals surface area contributed by atoms with Crippen LogP contribution in [0.4, 0.5) is 5.69 Å². The Morgan fingerprint density at radius 1 is 1.38 bits per heavy atom. The van der Waals surface area contributed by atoms with E-state index in [2.05, 4.69) is 14.9 Å². The molecule has 0 aromatic carbocycles. The minimum absolute atomic E-state index is 0.195. The van der Waals surface area contributed by atoms with Crippen molar-refractivity contribution in [3.63, 3.8) is 0 Å². The maximum Gasteiger partial charge on any atom is 0.265 e. The van der Waals surface area contributed by atoms with Crippen LogP contribution in [-0.4, -0.2) is 34.5 Å². The molecule has 2 aromatic rings. The van der Waals surface area contributed by atoms with Crippen molar-refractivity contribution in [1.29, 1.82) is 0 Å². The maximum absolute atomic E-state index is 12.5. The van der Waals surface area contributed by atoms with E-state index in [1.807, 2.05) is 6.92 Å². The van der Waals surface area contributed by atoms with Crippen molar-refractivity contribution < 1.29 is 8.42 Å². The van der Waals surface area contributed by atoms with Gasteiger partial charge in [0.15, 0.2) is 0 Å². The smallest absolute Gasteiger partial charge is 0.265 e. The van der Waals surface area contributed by atoms with Crippen molar-refractivity contribution in [3.05, 3.63) is 23.8 Å². The number of anilines is 1. The van der Waals surface area contributed by atoms with Gasteiger partial charge in [0.2, 0.25) is 0 Å². The van der Waals surface area contributed by atoms with Crippen LogP contribution in [0.2, 0.25) is 0 Å². The van der Waals surface area contributed by atoms with Gasteiger partial charge >= 0.3 is 0 Å². The summed E-state index contributed by atoms with van der Waals surface area (Å²) in [4.78, 5) is 0.195. The second kappa shape index (κ2) is 5.86. The third-order valence-corrected chi connectivity index (χ3v) is 4.77. The lowest BCUT2D eigenvalue weighted by Crippen LogP contribution is -2.16. The molecule has 0 saturated heterocycles. The number of sulfonamides is 1. The van der Waals surface area contributed by atoms with Crippen LogP contribution >= 0.6 is 0 Å². The zero-order chi connectivity index (χ0) is 15.6. The van der Waals surface area contributed by atoms with Crippen LogP contribution in [-0.2, 0) is 23.1 Å². The molecule has 116 valence electrons. The Kier molecular flexibility index (Phi) is 4.33. The monoisotopic (exact) mass is 312 g/mol. The zero-order valence-corrected chi connectivity index (χ0v) is 13.2. The summed E-state index contributed by atoms with van der Waals surface area (Å²) in [5, 5.41) is 8.27. The minimum Gasteiger partial charge on any atom is -0.329 e. The molecule has 0 unspecified atom stereocenters. The lowest BCUT2D eigenvalue weighted by Gasteiger charge is -2.07. The minimum atomic E-state index is -3.69. The van der Waals surface area contributed by atoms with E-state index in [0.29, 0.717) is 36.7 Å². The van der Waals surface area contributed by atoms with Gasteiger partial charge in [-0.25, -0.2) is 8.42 Å². The summed E-state index contributed by atoms with van der Waals surface area (Å²) in [6.45, 7) is 6.88. The topological polar surface area (TPSA) is 108 Å². The first kappa shape index (κ1) is 15.5. The van der Waals surface area contributed by atoms with Gasteiger partial charge in [0, 0.05) is 19.3 Å². The molecular weight excluding hydrogens is 292 g/mol. The number of nitrogens with one attached hydrogen (secondary N) is 1. The number of nitrogens with two attached hydrogens (primary N) is 1. The molecule has 0 aliphatic carbocycles. The Balaban J connectivity index is 2.35. The third kappa shape index (κ3) is 3.08. The van der Waals surface area contributed by atoms with E-state index < -0.39 is 10.0 Å². The van der Waals surface area contributed by atoms with E-state index in [4.69, 9.17) is 5.73 Å². The molecule has 0 aliphatic heterocycles. The lowest BCUT2D eigenvalue weighted by atomic mass is 10.4. The van der Waals surface area contributed by atoms with Crippen LogP contribution < -0.4 is 10.5 Å². The van der Waals surface area contributed by atoms with E-state index in [1.54, 1.807) is 29.4 Å². The van der Waals surface area contributed by atoms with Gasteiger partial charge in [0.1, 0.15) is 4.90 Å². The highest BCUT2D eigenvalue weighted by atomic mass is 32.2. The molecule has 0 fully saturated rings. The molecule has 3 N–H and O–H groups in total. The molecule has 2 aromatic heterocycles. The summed E-state index contributed by atoms with van der Waals surface area (Å²) in [7, 11) is -3.69. The second-order valence-corrected chi connectivity index (χ2v) is 6.32. The lowest BCUT2D eigenvalue weighted by molar-refractivity contribution is 0.593. The SMILES string of the molecule is CCn1cc(NS(=O)(=O)c2c(C)nn(CCN)c2C)cn1. The maximum atomic E-state index is 12.5. The quantitative estimate of drug-likeness (QED) is 0.806. The van der Waals surface area contributed by atoms with Crippen LogP contribution in [0.25, 0.3) is 0 Å². The average Bonchev–Trinajstić information content (AvgIpc) is 2.95. The number of hydrogen-bond donors (Lipinski definition) is 2. The van der Waals surface area contributed by atoms with Crippen molar-refractivity contribution in [2.45, 2.75) is 38.8 Å². The van der Waals surface area contributed by atoms with Crippen molar-refractivity contribution in [2.75, 3.05) is 11.3 Å². The standard InChI is InChI=1S/C12H20N6O2S/c1-4-17-8-11(7-14-17)16-21(19,20)12-9(2)15-18(6-5-13)10(12)3/h7-8,16H,4-6,13H2,1-3H3. The Hall–Kier alpha value is -1.87. The van der Waals surface area contributed by atoms with Gasteiger partial charge in [-0.15, -0.1) is 0 Å². The molecule has 8 nitrogen and oxygen atoms in total. The summed E-state index contributed by atoms with van der Waals surface area (Å²) in [6, 6.07) is 0. The molecule has 9 heteroatoms. The van der Waals surface area contributed by atoms with E-state index in [9.17, 15) is 8.42 Å². The second-order valence-electron chi connectivity index (χ2n) is 4.70. The van der Waals surface area contributed by atoms with Gasteiger partial charge in [-0.3, -0.25) is 14.1 Å². The molecule has 0 saturated carbocycles. The summed E-state index contributed by atoms with van der Waals surface area (Å²) in [5.41, 5.74) is 6.97. The van der Waals surface area contributed by atoms with E-state index in [0.717, 1.165) is 0 Å². The number of hydrogen-bond acceptors (Lipinski definition) is 5. The predicted molar refractivity (Wildman–Crippen MR) is 79.5 cm³/mol. The molecule has 0 bridgehead atoms. The third-order valence-electron chi connectivity index (χ3n) is 3.13. The summed E-state index contributed by atoms with van der Waals surface area (Å²) < 4.78 is 30.8. The molecule has 0 amide bonds. The van der Waals surface area contributed by atoms with Gasteiger partial charge in [0.25, 0.3) is 10.0 Å². The van der Waals surface area contributed by atoms with Crippen LogP contribution in [0.5, 0.6) is 0 Å². The highest BCUT2D eigenvalue weighted by Gasteiger charge is 2.24. The largest absolute Gasteiger partial charge is 0.329 e. The molecular formula is C12H20N6O2S. The molecule has 2 rings (SSSR count). The number of aryl methyl sites for hydroxylation is 2. The normalized spacial score (nSPS) is 11.8. The van der Waals surface area contributed by atoms with Gasteiger partial charge in [-0.05, 0) is 20.8 Å². The molecule has 21 heavy (non-hydrogen) atoms. The molecule has 0 radical (unpaired) electrons. The Bertz CT molecular complexity index is 731. The Morgan fingerprint density at radius 3 is 2.67 bits per heavy atom. The van der Waals surface area contributed by atoms with E-state index >= 15 is 0 Å². The van der Waals surface area contributed by atoms with Crippen LogP contribution in [0.15, 0.2) is 17.3 Å². The highest BCUT2D eigenvalue weighted by molar-refractivity contribution is 7.92. The fraction of sp³-hybridized carbons (Fsp3) is 0.500. The molecule has 0 spiro atoms. The van der Waals surface area contributed by atoms with Gasteiger partial charge in [0.05, 0.1) is 29.8 Å². The zero-order valence-electron chi connectivity index (χ0n) is 12.4. The number of aromatic nitrogens is 4. The Morgan fingerprint density at radius 2 is 2.10 bits per heavy atom. The molecule has 0 aliphatic rings. The van der Waals surface area contributed by atoms with Crippen LogP contribution in [0.3, 0.4) is 0 Å². The van der Waals surface area contributed by atoms with Crippen molar-refractivity contribution in [3.8, 4) is 0 Å². The highest BCUT2D eigenvalue weighted by Crippen LogP contribution is 2.22. The predicted octanol–water partition coefficient (Wildman–Crippen LogP) is 0.476. The van der Waals surface area contributed by atoms with Gasteiger partial charge in [-0.1, -0.05) is 0 Å². The first-order valence-electron chi connectivity index (χ1n) is 6.68. The summed E-state index contributed by atoms with van der Waals surface area (Å²) >= 11 is 0. The van der Waals surface area contributed by atoms with Crippen molar-refractivity contribution in [1.82, 2.24) is 19.6 Å². The number of rotatable bonds is 6. The summed E-state index contributed by atoms with van der Waals surface area (Å²) in [5.74, 6) is 0. The van der Waals surface area contributed by atoms with Gasteiger partial charge < -0.3 is 5.73 Å². The number of nitrogens with zero attached hydrogens (tertiary/aromatic N) is 4. The van der Waals surface area contributed by atoms with E-state index in [-0.39, 0.29) is 4.90 Å². The first-order valence-corrected chi connectivity index (χ1v) is 8.16. The van der Waals surface area contributed by atoms with Gasteiger partial charge in [-0.2, -0.15) is 10.2 Å².